The van der Waals surface area contributed by atoms with Crippen LogP contribution < -0.4 is 0 Å². The summed E-state index contributed by atoms with van der Waals surface area (Å²) in [4.78, 5) is 2.46. The average molecular weight is 229 g/mol. The molecule has 0 aromatic carbocycles. The number of unbranched alkanes of at least 4 members (excludes halogenated alkanes) is 1. The number of ether oxygens (including phenoxy) is 3. The van der Waals surface area contributed by atoms with Gasteiger partial charge in [0.15, 0.2) is 5.79 Å². The van der Waals surface area contributed by atoms with Gasteiger partial charge in [0, 0.05) is 20.1 Å². The van der Waals surface area contributed by atoms with Crippen LogP contribution in [0.5, 0.6) is 0 Å². The lowest BCUT2D eigenvalue weighted by atomic mass is 10.0. The van der Waals surface area contributed by atoms with Crippen LogP contribution in [0.2, 0.25) is 0 Å². The molecule has 2 rings (SSSR count). The first-order valence-electron chi connectivity index (χ1n) is 6.34. The molecule has 0 aromatic rings. The molecule has 2 saturated heterocycles. The van der Waals surface area contributed by atoms with Gasteiger partial charge in [-0.15, -0.1) is 0 Å². The van der Waals surface area contributed by atoms with Crippen molar-refractivity contribution >= 4 is 0 Å². The van der Waals surface area contributed by atoms with Gasteiger partial charge in [-0.25, -0.2) is 0 Å². The molecule has 4 heteroatoms. The maximum atomic E-state index is 5.75. The largest absolute Gasteiger partial charge is 0.385 e. The fourth-order valence-corrected chi connectivity index (χ4v) is 2.58. The summed E-state index contributed by atoms with van der Waals surface area (Å²) in [6, 6.07) is 0. The van der Waals surface area contributed by atoms with Gasteiger partial charge >= 0.3 is 0 Å². The van der Waals surface area contributed by atoms with Gasteiger partial charge in [-0.3, -0.25) is 4.90 Å². The molecule has 0 aliphatic carbocycles. The smallest absolute Gasteiger partial charge is 0.181 e. The molecular formula is C12H23NO3. The van der Waals surface area contributed by atoms with E-state index in [4.69, 9.17) is 14.2 Å². The zero-order valence-electron chi connectivity index (χ0n) is 10.2. The Balaban J connectivity index is 1.70. The number of methoxy groups -OCH3 is 1. The Morgan fingerprint density at radius 3 is 2.81 bits per heavy atom. The van der Waals surface area contributed by atoms with Crippen molar-refractivity contribution in [3.05, 3.63) is 0 Å². The minimum absolute atomic E-state index is 0.264. The van der Waals surface area contributed by atoms with Gasteiger partial charge < -0.3 is 14.2 Å². The first-order valence-corrected chi connectivity index (χ1v) is 6.34. The third-order valence-electron chi connectivity index (χ3n) is 3.38. The van der Waals surface area contributed by atoms with E-state index in [0.29, 0.717) is 0 Å². The van der Waals surface area contributed by atoms with Crippen LogP contribution in [0.4, 0.5) is 0 Å². The highest BCUT2D eigenvalue weighted by atomic mass is 16.7. The first kappa shape index (κ1) is 12.3. The van der Waals surface area contributed by atoms with E-state index in [9.17, 15) is 0 Å². The molecule has 0 unspecified atom stereocenters. The second-order valence-electron chi connectivity index (χ2n) is 4.69. The summed E-state index contributed by atoms with van der Waals surface area (Å²) in [7, 11) is 1.76. The molecule has 16 heavy (non-hydrogen) atoms. The second kappa shape index (κ2) is 5.96. The Hall–Kier alpha value is -0.160. The number of hydrogen-bond acceptors (Lipinski definition) is 4. The number of piperidine rings is 1. The third-order valence-corrected chi connectivity index (χ3v) is 3.38. The van der Waals surface area contributed by atoms with E-state index < -0.39 is 0 Å². The predicted molar refractivity (Wildman–Crippen MR) is 61.4 cm³/mol. The van der Waals surface area contributed by atoms with Crippen LogP contribution in [0.1, 0.15) is 25.7 Å². The Bertz CT molecular complexity index is 204. The molecule has 0 bridgehead atoms. The minimum Gasteiger partial charge on any atom is -0.385 e. The van der Waals surface area contributed by atoms with Crippen LogP contribution in [0.15, 0.2) is 0 Å². The third kappa shape index (κ3) is 3.17. The van der Waals surface area contributed by atoms with Crippen molar-refractivity contribution in [3.8, 4) is 0 Å². The highest BCUT2D eigenvalue weighted by Gasteiger charge is 2.40. The van der Waals surface area contributed by atoms with Crippen molar-refractivity contribution in [2.24, 2.45) is 0 Å². The van der Waals surface area contributed by atoms with E-state index in [1.54, 1.807) is 7.11 Å². The fourth-order valence-electron chi connectivity index (χ4n) is 2.58. The van der Waals surface area contributed by atoms with Crippen LogP contribution in [0, 0.1) is 0 Å². The Labute approximate surface area is 97.8 Å². The highest BCUT2D eigenvalue weighted by molar-refractivity contribution is 4.83. The number of likely N-dealkylation sites (tertiary alicyclic amines) is 1. The quantitative estimate of drug-likeness (QED) is 0.664. The molecule has 0 radical (unpaired) electrons. The van der Waals surface area contributed by atoms with Crippen molar-refractivity contribution in [1.82, 2.24) is 4.90 Å². The SMILES string of the molecule is COCCCCN1CCCC2(C1)OCCO2. The highest BCUT2D eigenvalue weighted by Crippen LogP contribution is 2.29. The molecule has 0 aromatic heterocycles. The molecule has 94 valence electrons. The molecule has 0 amide bonds. The summed E-state index contributed by atoms with van der Waals surface area (Å²) in [6.45, 7) is 5.65. The van der Waals surface area contributed by atoms with Crippen LogP contribution in [-0.4, -0.2) is 57.3 Å². The number of nitrogens with zero attached hydrogens (tertiary/aromatic N) is 1. The van der Waals surface area contributed by atoms with Crippen LogP contribution in [-0.2, 0) is 14.2 Å². The number of hydrogen-bond donors (Lipinski definition) is 0. The van der Waals surface area contributed by atoms with Crippen LogP contribution in [0.3, 0.4) is 0 Å². The van der Waals surface area contributed by atoms with Crippen LogP contribution in [0.25, 0.3) is 0 Å². The maximum Gasteiger partial charge on any atom is 0.181 e. The summed E-state index contributed by atoms with van der Waals surface area (Å²) >= 11 is 0. The summed E-state index contributed by atoms with van der Waals surface area (Å²) in [6.07, 6.45) is 4.58. The van der Waals surface area contributed by atoms with Gasteiger partial charge in [0.2, 0.25) is 0 Å². The van der Waals surface area contributed by atoms with Crippen molar-refractivity contribution in [3.63, 3.8) is 0 Å². The monoisotopic (exact) mass is 229 g/mol. The lowest BCUT2D eigenvalue weighted by molar-refractivity contribution is -0.189. The predicted octanol–water partition coefficient (Wildman–Crippen LogP) is 1.25. The van der Waals surface area contributed by atoms with Crippen LogP contribution >= 0.6 is 0 Å². The molecule has 0 atom stereocenters. The van der Waals surface area contributed by atoms with Gasteiger partial charge in [0.25, 0.3) is 0 Å². The lowest BCUT2D eigenvalue weighted by Gasteiger charge is -2.38. The average Bonchev–Trinajstić information content (AvgIpc) is 2.73. The van der Waals surface area contributed by atoms with Gasteiger partial charge in [-0.2, -0.15) is 0 Å². The summed E-state index contributed by atoms with van der Waals surface area (Å²) in [5.74, 6) is -0.264. The van der Waals surface area contributed by atoms with Crippen molar-refractivity contribution in [2.45, 2.75) is 31.5 Å². The Morgan fingerprint density at radius 2 is 2.06 bits per heavy atom. The molecule has 1 spiro atoms. The van der Waals surface area contributed by atoms with E-state index in [1.807, 2.05) is 0 Å². The minimum atomic E-state index is -0.264. The van der Waals surface area contributed by atoms with Crippen molar-refractivity contribution in [2.75, 3.05) is 46.6 Å². The molecular weight excluding hydrogens is 206 g/mol. The molecule has 0 N–H and O–H groups in total. The van der Waals surface area contributed by atoms with Gasteiger partial charge in [0.05, 0.1) is 19.8 Å². The summed E-state index contributed by atoms with van der Waals surface area (Å²) in [5, 5.41) is 0. The van der Waals surface area contributed by atoms with E-state index in [2.05, 4.69) is 4.90 Å². The van der Waals surface area contributed by atoms with E-state index in [1.165, 1.54) is 19.4 Å². The zero-order chi connectivity index (χ0) is 11.3. The topological polar surface area (TPSA) is 30.9 Å². The maximum absolute atomic E-state index is 5.75. The number of rotatable bonds is 5. The Kier molecular flexibility index (Phi) is 4.58. The normalized spacial score (nSPS) is 25.3. The summed E-state index contributed by atoms with van der Waals surface area (Å²) in [5.41, 5.74) is 0. The van der Waals surface area contributed by atoms with Gasteiger partial charge in [0.1, 0.15) is 0 Å². The van der Waals surface area contributed by atoms with E-state index in [-0.39, 0.29) is 5.79 Å². The Morgan fingerprint density at radius 1 is 1.25 bits per heavy atom. The first-order chi connectivity index (χ1) is 7.85. The molecule has 2 heterocycles. The molecule has 0 saturated carbocycles. The molecule has 2 aliphatic heterocycles. The zero-order valence-corrected chi connectivity index (χ0v) is 10.2. The van der Waals surface area contributed by atoms with Crippen molar-refractivity contribution < 1.29 is 14.2 Å². The second-order valence-corrected chi connectivity index (χ2v) is 4.69. The van der Waals surface area contributed by atoms with Crippen molar-refractivity contribution in [1.29, 1.82) is 0 Å². The summed E-state index contributed by atoms with van der Waals surface area (Å²) < 4.78 is 16.6. The van der Waals surface area contributed by atoms with E-state index >= 15 is 0 Å². The molecule has 4 nitrogen and oxygen atoms in total. The molecule has 2 aliphatic rings. The van der Waals surface area contributed by atoms with Gasteiger partial charge in [-0.1, -0.05) is 0 Å². The molecule has 2 fully saturated rings. The lowest BCUT2D eigenvalue weighted by Crippen LogP contribution is -2.49. The fraction of sp³-hybridized carbons (Fsp3) is 1.00. The van der Waals surface area contributed by atoms with Gasteiger partial charge in [-0.05, 0) is 32.4 Å². The van der Waals surface area contributed by atoms with E-state index in [0.717, 1.165) is 45.8 Å². The standard InChI is InChI=1S/C12H23NO3/c1-14-8-3-2-6-13-7-4-5-12(11-13)15-9-10-16-12/h2-11H2,1H3.